The van der Waals surface area contributed by atoms with Crippen LogP contribution >= 0.6 is 31.9 Å². The van der Waals surface area contributed by atoms with Crippen molar-refractivity contribution in [2.45, 2.75) is 16.1 Å². The third kappa shape index (κ3) is 1.48. The fourth-order valence-electron chi connectivity index (χ4n) is 3.95. The fraction of sp³-hybridized carbons (Fsp3) is 0.538. The van der Waals surface area contributed by atoms with Gasteiger partial charge >= 0.3 is 0 Å². The number of aromatic nitrogens is 2. The average Bonchev–Trinajstić information content (AvgIpc) is 3.05. The van der Waals surface area contributed by atoms with Crippen molar-refractivity contribution in [2.75, 3.05) is 4.90 Å². The molecule has 7 heteroatoms. The Morgan fingerprint density at radius 1 is 1.00 bits per heavy atom. The molecule has 6 atom stereocenters. The Hall–Kier alpha value is -0.820. The molecule has 20 heavy (non-hydrogen) atoms. The number of alkyl halides is 2. The standard InChI is InChI=1S/C13H11Br2N3O2/c14-9-5-4-6(10(9)15)8-7(5)11(19)18(12(8)20)13-16-2-1-3-17-13/h1-3,5-10H,4H2/t5-,6+,7+,8-,9+,10-. The Bertz CT molecular complexity index is 565. The van der Waals surface area contributed by atoms with Crippen LogP contribution in [0, 0.1) is 23.7 Å². The van der Waals surface area contributed by atoms with Gasteiger partial charge in [-0.15, -0.1) is 0 Å². The summed E-state index contributed by atoms with van der Waals surface area (Å²) in [6, 6.07) is 1.67. The predicted molar refractivity (Wildman–Crippen MR) is 78.5 cm³/mol. The van der Waals surface area contributed by atoms with Gasteiger partial charge in [-0.25, -0.2) is 14.9 Å². The molecule has 2 heterocycles. The maximum atomic E-state index is 12.6. The summed E-state index contributed by atoms with van der Waals surface area (Å²) in [6.45, 7) is 0. The van der Waals surface area contributed by atoms with Crippen LogP contribution in [0.5, 0.6) is 0 Å². The number of imide groups is 1. The Morgan fingerprint density at radius 2 is 1.50 bits per heavy atom. The second-order valence-electron chi connectivity index (χ2n) is 5.56. The summed E-state index contributed by atoms with van der Waals surface area (Å²) in [5.41, 5.74) is 0. The number of carbonyl (C=O) groups excluding carboxylic acids is 2. The van der Waals surface area contributed by atoms with Crippen LogP contribution in [0.25, 0.3) is 0 Å². The second-order valence-corrected chi connectivity index (χ2v) is 7.68. The summed E-state index contributed by atoms with van der Waals surface area (Å²) < 4.78 is 0. The molecule has 0 spiro atoms. The number of amides is 2. The van der Waals surface area contributed by atoms with E-state index in [1.54, 1.807) is 18.5 Å². The molecule has 0 N–H and O–H groups in total. The lowest BCUT2D eigenvalue weighted by Gasteiger charge is -2.28. The number of nitrogens with zero attached hydrogens (tertiary/aromatic N) is 3. The van der Waals surface area contributed by atoms with Crippen molar-refractivity contribution >= 4 is 49.6 Å². The Balaban J connectivity index is 1.75. The molecule has 104 valence electrons. The fourth-order valence-corrected chi connectivity index (χ4v) is 5.83. The van der Waals surface area contributed by atoms with Crippen LogP contribution in [0.1, 0.15) is 6.42 Å². The summed E-state index contributed by atoms with van der Waals surface area (Å²) in [5, 5.41) is 0. The molecule has 0 unspecified atom stereocenters. The van der Waals surface area contributed by atoms with Crippen LogP contribution in [0.2, 0.25) is 0 Å². The normalized spacial score (nSPS) is 42.4. The van der Waals surface area contributed by atoms with Gasteiger partial charge in [0.25, 0.3) is 0 Å². The molecule has 1 saturated heterocycles. The molecule has 3 fully saturated rings. The average molecular weight is 401 g/mol. The Labute approximate surface area is 132 Å². The van der Waals surface area contributed by atoms with Crippen molar-refractivity contribution in [3.05, 3.63) is 18.5 Å². The van der Waals surface area contributed by atoms with Crippen LogP contribution in [0.15, 0.2) is 18.5 Å². The van der Waals surface area contributed by atoms with Crippen LogP contribution in [0.4, 0.5) is 5.95 Å². The molecule has 2 amide bonds. The molecule has 2 saturated carbocycles. The first-order valence-electron chi connectivity index (χ1n) is 6.54. The highest BCUT2D eigenvalue weighted by Gasteiger charge is 2.66. The highest BCUT2D eigenvalue weighted by Crippen LogP contribution is 2.60. The van der Waals surface area contributed by atoms with Crippen LogP contribution in [-0.2, 0) is 9.59 Å². The monoisotopic (exact) mass is 399 g/mol. The quantitative estimate of drug-likeness (QED) is 0.532. The molecule has 0 radical (unpaired) electrons. The van der Waals surface area contributed by atoms with Gasteiger partial charge in [-0.05, 0) is 24.3 Å². The second kappa shape index (κ2) is 4.34. The molecule has 2 aliphatic carbocycles. The van der Waals surface area contributed by atoms with Crippen molar-refractivity contribution in [1.29, 1.82) is 0 Å². The summed E-state index contributed by atoms with van der Waals surface area (Å²) in [7, 11) is 0. The minimum absolute atomic E-state index is 0.137. The lowest BCUT2D eigenvalue weighted by atomic mass is 9.81. The predicted octanol–water partition coefficient (Wildman–Crippen LogP) is 1.76. The van der Waals surface area contributed by atoms with Crippen LogP contribution < -0.4 is 4.90 Å². The number of carbonyl (C=O) groups is 2. The molecular formula is C13H11Br2N3O2. The third-order valence-corrected chi connectivity index (χ3v) is 7.95. The number of hydrogen-bond acceptors (Lipinski definition) is 4. The van der Waals surface area contributed by atoms with E-state index in [1.807, 2.05) is 0 Å². The van der Waals surface area contributed by atoms with Gasteiger partial charge in [-0.3, -0.25) is 9.59 Å². The van der Waals surface area contributed by atoms with Gasteiger partial charge in [0.05, 0.1) is 11.8 Å². The van der Waals surface area contributed by atoms with E-state index >= 15 is 0 Å². The van der Waals surface area contributed by atoms with E-state index in [9.17, 15) is 9.59 Å². The smallest absolute Gasteiger partial charge is 0.240 e. The molecule has 0 aromatic carbocycles. The molecule has 1 aromatic rings. The van der Waals surface area contributed by atoms with Crippen molar-refractivity contribution in [2.24, 2.45) is 23.7 Å². The van der Waals surface area contributed by atoms with E-state index in [2.05, 4.69) is 41.8 Å². The van der Waals surface area contributed by atoms with E-state index in [0.717, 1.165) is 6.42 Å². The van der Waals surface area contributed by atoms with Crippen molar-refractivity contribution < 1.29 is 9.59 Å². The van der Waals surface area contributed by atoms with Gasteiger partial charge in [-0.2, -0.15) is 0 Å². The Kier molecular flexibility index (Phi) is 2.79. The van der Waals surface area contributed by atoms with Gasteiger partial charge in [0.2, 0.25) is 17.8 Å². The largest absolute Gasteiger partial charge is 0.274 e. The molecule has 5 nitrogen and oxygen atoms in total. The zero-order valence-electron chi connectivity index (χ0n) is 10.3. The summed E-state index contributed by atoms with van der Waals surface area (Å²) in [5.74, 6) is -0.0540. The Morgan fingerprint density at radius 3 is 2.00 bits per heavy atom. The number of rotatable bonds is 1. The lowest BCUT2D eigenvalue weighted by Crippen LogP contribution is -2.37. The van der Waals surface area contributed by atoms with E-state index in [0.29, 0.717) is 0 Å². The maximum Gasteiger partial charge on any atom is 0.240 e. The summed E-state index contributed by atoms with van der Waals surface area (Å²) >= 11 is 7.32. The first kappa shape index (κ1) is 12.9. The highest BCUT2D eigenvalue weighted by atomic mass is 79.9. The van der Waals surface area contributed by atoms with Crippen molar-refractivity contribution in [1.82, 2.24) is 9.97 Å². The van der Waals surface area contributed by atoms with E-state index in [1.165, 1.54) is 4.90 Å². The molecular weight excluding hydrogens is 390 g/mol. The zero-order chi connectivity index (χ0) is 14.0. The van der Waals surface area contributed by atoms with Gasteiger partial charge < -0.3 is 0 Å². The van der Waals surface area contributed by atoms with Crippen molar-refractivity contribution in [3.63, 3.8) is 0 Å². The third-order valence-electron chi connectivity index (χ3n) is 4.74. The SMILES string of the molecule is O=C1[C@@H]2[C@@H]3C[C@@H]([C@H](Br)[C@@H]3Br)[C@@H]2C(=O)N1c1ncccn1. The first-order chi connectivity index (χ1) is 9.61. The van der Waals surface area contributed by atoms with E-state index in [-0.39, 0.29) is 51.1 Å². The lowest BCUT2D eigenvalue weighted by molar-refractivity contribution is -0.123. The van der Waals surface area contributed by atoms with Crippen molar-refractivity contribution in [3.8, 4) is 0 Å². The maximum absolute atomic E-state index is 12.6. The summed E-state index contributed by atoms with van der Waals surface area (Å²) in [4.78, 5) is 35.0. The number of fused-ring (bicyclic) bond motifs is 5. The topological polar surface area (TPSA) is 63.2 Å². The van der Waals surface area contributed by atoms with Gasteiger partial charge in [-0.1, -0.05) is 31.9 Å². The minimum atomic E-state index is -0.213. The molecule has 1 aliphatic heterocycles. The molecule has 4 rings (SSSR count). The number of anilines is 1. The molecule has 3 aliphatic rings. The van der Waals surface area contributed by atoms with Gasteiger partial charge in [0, 0.05) is 22.0 Å². The van der Waals surface area contributed by atoms with Crippen LogP contribution in [-0.4, -0.2) is 31.4 Å². The molecule has 1 aromatic heterocycles. The highest BCUT2D eigenvalue weighted by molar-refractivity contribution is 9.12. The van der Waals surface area contributed by atoms with Gasteiger partial charge in [0.1, 0.15) is 0 Å². The van der Waals surface area contributed by atoms with E-state index in [4.69, 9.17) is 0 Å². The van der Waals surface area contributed by atoms with Crippen LogP contribution in [0.3, 0.4) is 0 Å². The number of halogens is 2. The first-order valence-corrected chi connectivity index (χ1v) is 8.37. The molecule has 2 bridgehead atoms. The minimum Gasteiger partial charge on any atom is -0.274 e. The summed E-state index contributed by atoms with van der Waals surface area (Å²) in [6.07, 6.45) is 4.03. The number of hydrogen-bond donors (Lipinski definition) is 0. The van der Waals surface area contributed by atoms with E-state index < -0.39 is 0 Å². The zero-order valence-corrected chi connectivity index (χ0v) is 13.5. The van der Waals surface area contributed by atoms with Gasteiger partial charge in [0.15, 0.2) is 0 Å².